The van der Waals surface area contributed by atoms with Gasteiger partial charge in [-0.3, -0.25) is 0 Å². The number of aromatic nitrogens is 3. The number of aromatic carboxylic acids is 1. The van der Waals surface area contributed by atoms with E-state index in [1.807, 2.05) is 0 Å². The Morgan fingerprint density at radius 1 is 1.52 bits per heavy atom. The SMILES string of the molecule is CCCc1nnc(N2CCCC2c2nc(C(=O)O)cs2)s1. The molecular formula is C13H16N4O2S2. The second-order valence-electron chi connectivity index (χ2n) is 4.96. The molecule has 1 fully saturated rings. The van der Waals surface area contributed by atoms with Gasteiger partial charge in [0, 0.05) is 18.3 Å². The van der Waals surface area contributed by atoms with Crippen molar-refractivity contribution in [3.8, 4) is 0 Å². The highest BCUT2D eigenvalue weighted by molar-refractivity contribution is 7.15. The Kier molecular flexibility index (Phi) is 4.16. The fourth-order valence-electron chi connectivity index (χ4n) is 2.47. The lowest BCUT2D eigenvalue weighted by atomic mass is 10.2. The quantitative estimate of drug-likeness (QED) is 0.911. The summed E-state index contributed by atoms with van der Waals surface area (Å²) in [6.07, 6.45) is 4.06. The van der Waals surface area contributed by atoms with Gasteiger partial charge in [0.2, 0.25) is 5.13 Å². The first kappa shape index (κ1) is 14.4. The lowest BCUT2D eigenvalue weighted by Gasteiger charge is -2.21. The maximum absolute atomic E-state index is 11.0. The van der Waals surface area contributed by atoms with Crippen LogP contribution in [0.1, 0.15) is 52.7 Å². The standard InChI is InChI=1S/C13H16N4O2S2/c1-2-4-10-15-16-13(21-10)17-6-3-5-9(17)11-14-8(7-20-11)12(18)19/h7,9H,2-6H2,1H3,(H,18,19). The molecule has 2 aromatic heterocycles. The van der Waals surface area contributed by atoms with Crippen LogP contribution in [0.25, 0.3) is 0 Å². The van der Waals surface area contributed by atoms with Crippen LogP contribution in [0.5, 0.6) is 0 Å². The molecule has 0 saturated carbocycles. The third-order valence-electron chi connectivity index (χ3n) is 3.44. The first-order valence-corrected chi connectivity index (χ1v) is 8.66. The zero-order valence-corrected chi connectivity index (χ0v) is 13.3. The van der Waals surface area contributed by atoms with Gasteiger partial charge in [-0.05, 0) is 19.3 Å². The van der Waals surface area contributed by atoms with Gasteiger partial charge in [0.05, 0.1) is 6.04 Å². The van der Waals surface area contributed by atoms with Crippen LogP contribution in [-0.2, 0) is 6.42 Å². The van der Waals surface area contributed by atoms with Crippen molar-refractivity contribution in [1.82, 2.24) is 15.2 Å². The van der Waals surface area contributed by atoms with Crippen molar-refractivity contribution in [2.24, 2.45) is 0 Å². The summed E-state index contributed by atoms with van der Waals surface area (Å²) >= 11 is 3.04. The molecule has 1 aliphatic rings. The Morgan fingerprint density at radius 2 is 2.38 bits per heavy atom. The number of hydrogen-bond donors (Lipinski definition) is 1. The molecule has 3 rings (SSSR count). The molecular weight excluding hydrogens is 308 g/mol. The van der Waals surface area contributed by atoms with Crippen molar-refractivity contribution in [2.75, 3.05) is 11.4 Å². The molecule has 0 aliphatic carbocycles. The molecule has 1 atom stereocenters. The summed E-state index contributed by atoms with van der Waals surface area (Å²) in [5.41, 5.74) is 0.130. The fourth-order valence-corrected chi connectivity index (χ4v) is 4.42. The van der Waals surface area contributed by atoms with Gasteiger partial charge in [0.25, 0.3) is 0 Å². The van der Waals surface area contributed by atoms with Crippen LogP contribution in [0.15, 0.2) is 5.38 Å². The maximum atomic E-state index is 11.0. The van der Waals surface area contributed by atoms with E-state index in [4.69, 9.17) is 5.11 Å². The van der Waals surface area contributed by atoms with Gasteiger partial charge in [0.1, 0.15) is 10.0 Å². The molecule has 0 spiro atoms. The predicted molar refractivity (Wildman–Crippen MR) is 82.3 cm³/mol. The third kappa shape index (κ3) is 2.91. The Bertz CT molecular complexity index is 640. The first-order valence-electron chi connectivity index (χ1n) is 6.96. The summed E-state index contributed by atoms with van der Waals surface area (Å²) in [7, 11) is 0. The summed E-state index contributed by atoms with van der Waals surface area (Å²) < 4.78 is 0. The number of anilines is 1. The Hall–Kier alpha value is -1.54. The van der Waals surface area contributed by atoms with Gasteiger partial charge in [-0.25, -0.2) is 9.78 Å². The van der Waals surface area contributed by atoms with Crippen molar-refractivity contribution in [3.05, 3.63) is 21.1 Å². The van der Waals surface area contributed by atoms with Gasteiger partial charge in [-0.2, -0.15) is 0 Å². The fraction of sp³-hybridized carbons (Fsp3) is 0.538. The van der Waals surface area contributed by atoms with Crippen molar-refractivity contribution in [1.29, 1.82) is 0 Å². The number of carbonyl (C=O) groups is 1. The molecule has 8 heteroatoms. The van der Waals surface area contributed by atoms with E-state index in [2.05, 4.69) is 27.0 Å². The zero-order valence-electron chi connectivity index (χ0n) is 11.7. The molecule has 0 amide bonds. The maximum Gasteiger partial charge on any atom is 0.355 e. The monoisotopic (exact) mass is 324 g/mol. The molecule has 0 radical (unpaired) electrons. The number of rotatable bonds is 5. The van der Waals surface area contributed by atoms with Gasteiger partial charge in [-0.15, -0.1) is 21.5 Å². The topological polar surface area (TPSA) is 79.2 Å². The van der Waals surface area contributed by atoms with E-state index >= 15 is 0 Å². The van der Waals surface area contributed by atoms with E-state index in [1.165, 1.54) is 11.3 Å². The Labute approximate surface area is 130 Å². The van der Waals surface area contributed by atoms with Gasteiger partial charge in [-0.1, -0.05) is 18.3 Å². The number of aryl methyl sites for hydroxylation is 1. The molecule has 21 heavy (non-hydrogen) atoms. The van der Waals surface area contributed by atoms with Crippen molar-refractivity contribution in [2.45, 2.75) is 38.6 Å². The lowest BCUT2D eigenvalue weighted by molar-refractivity contribution is 0.0691. The zero-order chi connectivity index (χ0) is 14.8. The van der Waals surface area contributed by atoms with E-state index in [-0.39, 0.29) is 11.7 Å². The van der Waals surface area contributed by atoms with Crippen LogP contribution in [0.2, 0.25) is 0 Å². The predicted octanol–water partition coefficient (Wildman–Crippen LogP) is 2.99. The van der Waals surface area contributed by atoms with E-state index in [9.17, 15) is 4.79 Å². The molecule has 3 heterocycles. The molecule has 112 valence electrons. The number of carboxylic acids is 1. The van der Waals surface area contributed by atoms with Crippen LogP contribution < -0.4 is 4.90 Å². The van der Waals surface area contributed by atoms with E-state index in [0.29, 0.717) is 0 Å². The second kappa shape index (κ2) is 6.07. The van der Waals surface area contributed by atoms with Crippen molar-refractivity contribution in [3.63, 3.8) is 0 Å². The minimum Gasteiger partial charge on any atom is -0.476 e. The number of carboxylic acid groups (broad SMARTS) is 1. The lowest BCUT2D eigenvalue weighted by Crippen LogP contribution is -2.22. The van der Waals surface area contributed by atoms with Crippen LogP contribution >= 0.6 is 22.7 Å². The second-order valence-corrected chi connectivity index (χ2v) is 6.89. The number of hydrogen-bond acceptors (Lipinski definition) is 7. The average molecular weight is 324 g/mol. The minimum absolute atomic E-state index is 0.130. The van der Waals surface area contributed by atoms with E-state index in [1.54, 1.807) is 16.7 Å². The highest BCUT2D eigenvalue weighted by Crippen LogP contribution is 2.38. The van der Waals surface area contributed by atoms with Crippen molar-refractivity contribution >= 4 is 33.8 Å². The van der Waals surface area contributed by atoms with Crippen molar-refractivity contribution < 1.29 is 9.90 Å². The van der Waals surface area contributed by atoms with E-state index in [0.717, 1.165) is 47.4 Å². The van der Waals surface area contributed by atoms with E-state index < -0.39 is 5.97 Å². The van der Waals surface area contributed by atoms with Gasteiger partial charge >= 0.3 is 5.97 Å². The summed E-state index contributed by atoms with van der Waals surface area (Å²) in [5, 5.41) is 22.0. The summed E-state index contributed by atoms with van der Waals surface area (Å²) in [6, 6.07) is 0.130. The van der Waals surface area contributed by atoms with Crippen LogP contribution in [-0.4, -0.2) is 32.8 Å². The minimum atomic E-state index is -0.969. The molecule has 1 saturated heterocycles. The molecule has 1 aliphatic heterocycles. The smallest absolute Gasteiger partial charge is 0.355 e. The normalized spacial score (nSPS) is 18.3. The molecule has 1 unspecified atom stereocenters. The molecule has 1 N–H and O–H groups in total. The van der Waals surface area contributed by atoms with Crippen LogP contribution in [0, 0.1) is 0 Å². The molecule has 6 nitrogen and oxygen atoms in total. The summed E-state index contributed by atoms with van der Waals surface area (Å²) in [4.78, 5) is 17.4. The Balaban J connectivity index is 1.82. The summed E-state index contributed by atoms with van der Waals surface area (Å²) in [5.74, 6) is -0.969. The third-order valence-corrected chi connectivity index (χ3v) is 5.41. The molecule has 0 bridgehead atoms. The van der Waals surface area contributed by atoms with Gasteiger partial charge < -0.3 is 10.0 Å². The highest BCUT2D eigenvalue weighted by atomic mass is 32.1. The number of nitrogens with zero attached hydrogens (tertiary/aromatic N) is 4. The van der Waals surface area contributed by atoms with Crippen LogP contribution in [0.4, 0.5) is 5.13 Å². The molecule has 0 aromatic carbocycles. The largest absolute Gasteiger partial charge is 0.476 e. The average Bonchev–Trinajstić information content (AvgIpc) is 3.18. The van der Waals surface area contributed by atoms with Gasteiger partial charge in [0.15, 0.2) is 5.69 Å². The highest BCUT2D eigenvalue weighted by Gasteiger charge is 2.31. The Morgan fingerprint density at radius 3 is 3.10 bits per heavy atom. The number of thiazole rings is 1. The van der Waals surface area contributed by atoms with Crippen LogP contribution in [0.3, 0.4) is 0 Å². The first-order chi connectivity index (χ1) is 10.2. The summed E-state index contributed by atoms with van der Waals surface area (Å²) in [6.45, 7) is 3.05. The molecule has 2 aromatic rings.